The zero-order valence-corrected chi connectivity index (χ0v) is 7.52. The summed E-state index contributed by atoms with van der Waals surface area (Å²) in [4.78, 5) is 10.8. The average molecular weight is 222 g/mol. The lowest BCUT2D eigenvalue weighted by Gasteiger charge is -2.12. The maximum Gasteiger partial charge on any atom is 0.420 e. The third kappa shape index (κ3) is 2.08. The van der Waals surface area contributed by atoms with Crippen LogP contribution in [0.4, 0.5) is 17.6 Å². The Hall–Kier alpha value is -1.59. The maximum atomic E-state index is 13.0. The number of rotatable bonds is 1. The molecule has 0 aliphatic rings. The van der Waals surface area contributed by atoms with Crippen molar-refractivity contribution in [3.8, 4) is 5.75 Å². The van der Waals surface area contributed by atoms with Gasteiger partial charge in [-0.15, -0.1) is 0 Å². The Bertz CT molecular complexity index is 409. The van der Waals surface area contributed by atoms with Crippen molar-refractivity contribution in [2.24, 2.45) is 0 Å². The number of phenols is 1. The standard InChI is InChI=1S/C9H6F4O2/c1-4(14)5-2-3-6(15)8(10)7(5)9(11,12)13/h2-3,15H,1H3. The van der Waals surface area contributed by atoms with E-state index in [0.29, 0.717) is 6.07 Å². The van der Waals surface area contributed by atoms with Gasteiger partial charge in [-0.1, -0.05) is 0 Å². The normalized spacial score (nSPS) is 11.5. The summed E-state index contributed by atoms with van der Waals surface area (Å²) in [6.45, 7) is 0.890. The van der Waals surface area contributed by atoms with Gasteiger partial charge in [-0.3, -0.25) is 4.79 Å². The van der Waals surface area contributed by atoms with E-state index < -0.39 is 34.7 Å². The monoisotopic (exact) mass is 222 g/mol. The van der Waals surface area contributed by atoms with E-state index in [0.717, 1.165) is 13.0 Å². The Labute approximate surface area is 82.1 Å². The minimum Gasteiger partial charge on any atom is -0.505 e. The van der Waals surface area contributed by atoms with Crippen molar-refractivity contribution in [3.05, 3.63) is 29.1 Å². The molecule has 0 aliphatic heterocycles. The van der Waals surface area contributed by atoms with Gasteiger partial charge >= 0.3 is 6.18 Å². The Balaban J connectivity index is 3.57. The van der Waals surface area contributed by atoms with Crippen molar-refractivity contribution in [1.82, 2.24) is 0 Å². The molecule has 0 heterocycles. The quantitative estimate of drug-likeness (QED) is 0.586. The van der Waals surface area contributed by atoms with Crippen LogP contribution < -0.4 is 0 Å². The van der Waals surface area contributed by atoms with Crippen LogP contribution in [0.3, 0.4) is 0 Å². The number of carbonyl (C=O) groups is 1. The highest BCUT2D eigenvalue weighted by atomic mass is 19.4. The van der Waals surface area contributed by atoms with Crippen molar-refractivity contribution in [3.63, 3.8) is 0 Å². The van der Waals surface area contributed by atoms with Gasteiger partial charge in [0.2, 0.25) is 0 Å². The van der Waals surface area contributed by atoms with Crippen molar-refractivity contribution in [1.29, 1.82) is 0 Å². The van der Waals surface area contributed by atoms with E-state index in [2.05, 4.69) is 0 Å². The number of alkyl halides is 3. The average Bonchev–Trinajstić information content (AvgIpc) is 2.06. The number of carbonyl (C=O) groups excluding carboxylic acids is 1. The Morgan fingerprint density at radius 2 is 1.87 bits per heavy atom. The highest BCUT2D eigenvalue weighted by molar-refractivity contribution is 5.96. The third-order valence-electron chi connectivity index (χ3n) is 1.78. The molecule has 0 radical (unpaired) electrons. The number of Topliss-reactive ketones (excluding diaryl/α,β-unsaturated/α-hetero) is 1. The summed E-state index contributed by atoms with van der Waals surface area (Å²) in [6, 6.07) is 1.45. The first-order valence-electron chi connectivity index (χ1n) is 3.84. The van der Waals surface area contributed by atoms with E-state index in [4.69, 9.17) is 5.11 Å². The van der Waals surface area contributed by atoms with Crippen molar-refractivity contribution in [2.75, 3.05) is 0 Å². The fraction of sp³-hybridized carbons (Fsp3) is 0.222. The molecule has 1 aromatic rings. The first-order chi connectivity index (χ1) is 6.75. The van der Waals surface area contributed by atoms with Gasteiger partial charge in [-0.05, 0) is 19.1 Å². The minimum atomic E-state index is -5.01. The van der Waals surface area contributed by atoms with Crippen LogP contribution >= 0.6 is 0 Å². The molecule has 0 unspecified atom stereocenters. The smallest absolute Gasteiger partial charge is 0.420 e. The second kappa shape index (κ2) is 3.52. The summed E-state index contributed by atoms with van der Waals surface area (Å²) in [5, 5.41) is 8.78. The fourth-order valence-corrected chi connectivity index (χ4v) is 1.14. The van der Waals surface area contributed by atoms with Crippen LogP contribution in [0.15, 0.2) is 12.1 Å². The van der Waals surface area contributed by atoms with Crippen LogP contribution in [0.1, 0.15) is 22.8 Å². The largest absolute Gasteiger partial charge is 0.505 e. The number of aromatic hydroxyl groups is 1. The van der Waals surface area contributed by atoms with Crippen molar-refractivity contribution >= 4 is 5.78 Å². The van der Waals surface area contributed by atoms with Crippen LogP contribution in [-0.2, 0) is 6.18 Å². The van der Waals surface area contributed by atoms with Gasteiger partial charge in [0.05, 0.1) is 0 Å². The van der Waals surface area contributed by atoms with Crippen molar-refractivity contribution < 1.29 is 27.5 Å². The number of hydrogen-bond donors (Lipinski definition) is 1. The van der Waals surface area contributed by atoms with E-state index in [-0.39, 0.29) is 0 Å². The minimum absolute atomic E-state index is 0.710. The zero-order chi connectivity index (χ0) is 11.8. The van der Waals surface area contributed by atoms with Gasteiger partial charge in [-0.25, -0.2) is 4.39 Å². The second-order valence-corrected chi connectivity index (χ2v) is 2.88. The summed E-state index contributed by atoms with van der Waals surface area (Å²) in [5.41, 5.74) is -2.52. The maximum absolute atomic E-state index is 13.0. The molecule has 1 aromatic carbocycles. The first-order valence-corrected chi connectivity index (χ1v) is 3.84. The van der Waals surface area contributed by atoms with Crippen LogP contribution in [0.25, 0.3) is 0 Å². The molecule has 0 saturated heterocycles. The summed E-state index contributed by atoms with van der Waals surface area (Å²) < 4.78 is 50.0. The van der Waals surface area contributed by atoms with Crippen LogP contribution in [0.2, 0.25) is 0 Å². The molecule has 0 atom stereocenters. The van der Waals surface area contributed by atoms with E-state index in [1.807, 2.05) is 0 Å². The first kappa shape index (κ1) is 11.5. The van der Waals surface area contributed by atoms with Gasteiger partial charge < -0.3 is 5.11 Å². The molecule has 0 spiro atoms. The molecule has 2 nitrogen and oxygen atoms in total. The summed E-state index contributed by atoms with van der Waals surface area (Å²) in [7, 11) is 0. The molecule has 1 N–H and O–H groups in total. The number of phenolic OH excluding ortho intramolecular Hbond substituents is 1. The lowest BCUT2D eigenvalue weighted by molar-refractivity contribution is -0.140. The molecule has 15 heavy (non-hydrogen) atoms. The molecule has 82 valence electrons. The van der Waals surface area contributed by atoms with Gasteiger partial charge in [0, 0.05) is 5.56 Å². The molecular formula is C9H6F4O2. The zero-order valence-electron chi connectivity index (χ0n) is 7.52. The second-order valence-electron chi connectivity index (χ2n) is 2.88. The lowest BCUT2D eigenvalue weighted by Crippen LogP contribution is -2.14. The van der Waals surface area contributed by atoms with E-state index in [9.17, 15) is 22.4 Å². The van der Waals surface area contributed by atoms with E-state index in [1.54, 1.807) is 0 Å². The molecule has 0 aromatic heterocycles. The number of hydrogen-bond acceptors (Lipinski definition) is 2. The third-order valence-corrected chi connectivity index (χ3v) is 1.78. The highest BCUT2D eigenvalue weighted by Gasteiger charge is 2.39. The molecular weight excluding hydrogens is 216 g/mol. The predicted octanol–water partition coefficient (Wildman–Crippen LogP) is 2.75. The molecule has 0 amide bonds. The lowest BCUT2D eigenvalue weighted by atomic mass is 10.0. The molecule has 0 saturated carbocycles. The Morgan fingerprint density at radius 1 is 1.33 bits per heavy atom. The fourth-order valence-electron chi connectivity index (χ4n) is 1.14. The topological polar surface area (TPSA) is 37.3 Å². The van der Waals surface area contributed by atoms with E-state index >= 15 is 0 Å². The predicted molar refractivity (Wildman–Crippen MR) is 43.1 cm³/mol. The summed E-state index contributed by atoms with van der Waals surface area (Å²) in [6.07, 6.45) is -5.01. The number of benzene rings is 1. The number of halogens is 4. The van der Waals surface area contributed by atoms with Crippen LogP contribution in [0, 0.1) is 5.82 Å². The van der Waals surface area contributed by atoms with Gasteiger partial charge in [-0.2, -0.15) is 13.2 Å². The molecule has 6 heteroatoms. The molecule has 1 rings (SSSR count). The Morgan fingerprint density at radius 3 is 2.27 bits per heavy atom. The van der Waals surface area contributed by atoms with Crippen molar-refractivity contribution in [2.45, 2.75) is 13.1 Å². The van der Waals surface area contributed by atoms with Gasteiger partial charge in [0.15, 0.2) is 17.3 Å². The summed E-state index contributed by atoms with van der Waals surface area (Å²) in [5.74, 6) is -3.87. The molecule has 0 aliphatic carbocycles. The van der Waals surface area contributed by atoms with E-state index in [1.165, 1.54) is 0 Å². The van der Waals surface area contributed by atoms with Gasteiger partial charge in [0.1, 0.15) is 5.56 Å². The summed E-state index contributed by atoms with van der Waals surface area (Å²) >= 11 is 0. The Kier molecular flexibility index (Phi) is 2.70. The van der Waals surface area contributed by atoms with Crippen LogP contribution in [0.5, 0.6) is 5.75 Å². The molecule has 0 fully saturated rings. The van der Waals surface area contributed by atoms with Gasteiger partial charge in [0.25, 0.3) is 0 Å². The number of ketones is 1. The highest BCUT2D eigenvalue weighted by Crippen LogP contribution is 2.37. The molecule has 0 bridgehead atoms. The SMILES string of the molecule is CC(=O)c1ccc(O)c(F)c1C(F)(F)F. The van der Waals surface area contributed by atoms with Crippen LogP contribution in [-0.4, -0.2) is 10.9 Å².